The monoisotopic (exact) mass is 746 g/mol. The van der Waals surface area contributed by atoms with Gasteiger partial charge in [0.25, 0.3) is 5.91 Å². The lowest BCUT2D eigenvalue weighted by Crippen LogP contribution is -2.37. The third kappa shape index (κ3) is 7.45. The van der Waals surface area contributed by atoms with Crippen LogP contribution in [0.2, 0.25) is 5.02 Å². The van der Waals surface area contributed by atoms with Gasteiger partial charge in [-0.2, -0.15) is 5.10 Å². The van der Waals surface area contributed by atoms with Gasteiger partial charge >= 0.3 is 0 Å². The predicted molar refractivity (Wildman–Crippen MR) is 205 cm³/mol. The van der Waals surface area contributed by atoms with Crippen molar-refractivity contribution in [2.45, 2.75) is 78.0 Å². The van der Waals surface area contributed by atoms with Crippen LogP contribution in [0.4, 0.5) is 0 Å². The van der Waals surface area contributed by atoms with Gasteiger partial charge in [0.05, 0.1) is 28.4 Å². The van der Waals surface area contributed by atoms with Crippen molar-refractivity contribution in [1.29, 1.82) is 0 Å². The highest BCUT2D eigenvalue weighted by atomic mass is 35.5. The third-order valence-corrected chi connectivity index (χ3v) is 11.3. The average molecular weight is 747 g/mol. The zero-order valence-corrected chi connectivity index (χ0v) is 31.4. The van der Waals surface area contributed by atoms with Crippen molar-refractivity contribution in [3.05, 3.63) is 115 Å². The number of fused-ring (bicyclic) bond motifs is 4. The van der Waals surface area contributed by atoms with E-state index in [1.807, 2.05) is 54.2 Å². The molecule has 2 aliphatic rings. The van der Waals surface area contributed by atoms with E-state index in [0.29, 0.717) is 30.1 Å². The summed E-state index contributed by atoms with van der Waals surface area (Å²) in [6.07, 6.45) is 8.82. The molecule has 1 N–H and O–H groups in total. The van der Waals surface area contributed by atoms with Gasteiger partial charge in [-0.3, -0.25) is 23.8 Å². The molecule has 5 aromatic rings. The number of amides is 2. The first-order valence-corrected chi connectivity index (χ1v) is 18.9. The van der Waals surface area contributed by atoms with Crippen molar-refractivity contribution in [2.75, 3.05) is 7.05 Å². The summed E-state index contributed by atoms with van der Waals surface area (Å²) in [7, 11) is 1.56. The maximum Gasteiger partial charge on any atom is 0.255 e. The second kappa shape index (κ2) is 15.7. The SMILES string of the molecule is CNC(=O)CCC(C=O)N1Cc2c(CCCCCn3cc(C#Cc4sc5c(c4C)C(c4ccc(Cl)cc4)=NCc4nnc(C)n4-5)cn3)cccc2C1=O. The molecule has 3 aromatic heterocycles. The lowest BCUT2D eigenvalue weighted by Gasteiger charge is -2.22. The lowest BCUT2D eigenvalue weighted by atomic mass is 9.98. The fourth-order valence-electron chi connectivity index (χ4n) is 6.97. The molecule has 1 atom stereocenters. The first kappa shape index (κ1) is 36.0. The number of nitrogens with one attached hydrogen (secondary N) is 1. The number of carbonyl (C=O) groups is 3. The zero-order valence-electron chi connectivity index (χ0n) is 29.9. The van der Waals surface area contributed by atoms with Gasteiger partial charge in [-0.05, 0) is 74.4 Å². The fraction of sp³-hybridized carbons (Fsp3) is 0.325. The molecule has 11 nitrogen and oxygen atoms in total. The standard InChI is InChI=1S/C40H39ClN8O3S/c1-25-34(53-40-37(25)38(29-12-14-30(41)15-13-29)43-21-35-46-45-26(2)49(35)40)17-11-27-20-44-47(22-27)19-6-4-5-8-28-9-7-10-32-33(28)23-48(39(32)52)31(24-50)16-18-36(51)42-3/h7,9-10,12-15,20,22,24,31H,4-6,8,16,18-19,21,23H2,1-3H3,(H,42,51). The molecule has 1 unspecified atom stereocenters. The van der Waals surface area contributed by atoms with Crippen LogP contribution >= 0.6 is 22.9 Å². The van der Waals surface area contributed by atoms with Crippen LogP contribution in [-0.2, 0) is 35.6 Å². The van der Waals surface area contributed by atoms with Gasteiger partial charge in [0.2, 0.25) is 5.91 Å². The van der Waals surface area contributed by atoms with E-state index < -0.39 is 6.04 Å². The second-order valence-corrected chi connectivity index (χ2v) is 14.7. The number of halogens is 1. The van der Waals surface area contributed by atoms with Gasteiger partial charge < -0.3 is 15.0 Å². The van der Waals surface area contributed by atoms with E-state index in [1.165, 1.54) is 0 Å². The van der Waals surface area contributed by atoms with E-state index in [9.17, 15) is 14.4 Å². The molecule has 5 heterocycles. The Kier molecular flexibility index (Phi) is 10.7. The largest absolute Gasteiger partial charge is 0.359 e. The molecular weight excluding hydrogens is 708 g/mol. The van der Waals surface area contributed by atoms with Crippen molar-refractivity contribution < 1.29 is 14.4 Å². The van der Waals surface area contributed by atoms with Crippen LogP contribution in [0.15, 0.2) is 59.9 Å². The molecule has 0 spiro atoms. The Labute approximate surface area is 317 Å². The summed E-state index contributed by atoms with van der Waals surface area (Å²) >= 11 is 7.82. The maximum absolute atomic E-state index is 13.2. The average Bonchev–Trinajstić information content (AvgIpc) is 3.91. The summed E-state index contributed by atoms with van der Waals surface area (Å²) in [5.41, 5.74) is 7.60. The van der Waals surface area contributed by atoms with Crippen molar-refractivity contribution in [3.8, 4) is 16.8 Å². The molecule has 7 rings (SSSR count). The van der Waals surface area contributed by atoms with Gasteiger partial charge in [0.1, 0.15) is 23.7 Å². The minimum absolute atomic E-state index is 0.144. The minimum atomic E-state index is -0.622. The van der Waals surface area contributed by atoms with E-state index in [2.05, 4.69) is 50.0 Å². The van der Waals surface area contributed by atoms with E-state index in [0.717, 1.165) is 99.1 Å². The van der Waals surface area contributed by atoms with Gasteiger partial charge in [0.15, 0.2) is 5.82 Å². The number of unbranched alkanes of at least 4 members (excludes halogenated alkanes) is 2. The zero-order chi connectivity index (χ0) is 37.1. The molecule has 2 aromatic carbocycles. The molecule has 270 valence electrons. The Morgan fingerprint density at radius 2 is 1.92 bits per heavy atom. The first-order valence-electron chi connectivity index (χ1n) is 17.7. The molecule has 0 saturated carbocycles. The van der Waals surface area contributed by atoms with Gasteiger partial charge in [-0.1, -0.05) is 54.1 Å². The molecular formula is C40H39ClN8O3S. The molecule has 0 bridgehead atoms. The summed E-state index contributed by atoms with van der Waals surface area (Å²) in [6.45, 7) is 5.64. The smallest absolute Gasteiger partial charge is 0.255 e. The Bertz CT molecular complexity index is 2290. The van der Waals surface area contributed by atoms with Crippen LogP contribution in [0.25, 0.3) is 5.00 Å². The molecule has 0 saturated heterocycles. The van der Waals surface area contributed by atoms with E-state index in [4.69, 9.17) is 16.6 Å². The molecule has 2 amide bonds. The van der Waals surface area contributed by atoms with Crippen molar-refractivity contribution >= 4 is 46.7 Å². The number of nitrogens with zero attached hydrogens (tertiary/aromatic N) is 7. The quantitative estimate of drug-likeness (QED) is 0.0947. The summed E-state index contributed by atoms with van der Waals surface area (Å²) in [5, 5.41) is 17.5. The molecule has 0 aliphatic carbocycles. The Morgan fingerprint density at radius 1 is 1.09 bits per heavy atom. The second-order valence-electron chi connectivity index (χ2n) is 13.3. The van der Waals surface area contributed by atoms with E-state index in [1.54, 1.807) is 29.5 Å². The Morgan fingerprint density at radius 3 is 2.72 bits per heavy atom. The maximum atomic E-state index is 13.2. The number of benzene rings is 2. The normalized spacial score (nSPS) is 13.7. The van der Waals surface area contributed by atoms with Gasteiger partial charge in [-0.25, -0.2) is 0 Å². The third-order valence-electron chi connectivity index (χ3n) is 9.84. The lowest BCUT2D eigenvalue weighted by molar-refractivity contribution is -0.121. The highest BCUT2D eigenvalue weighted by Gasteiger charge is 2.34. The number of aliphatic imine (C=N–C) groups is 1. The van der Waals surface area contributed by atoms with Crippen LogP contribution in [0.1, 0.15) is 92.4 Å². The van der Waals surface area contributed by atoms with Gasteiger partial charge in [-0.15, -0.1) is 21.5 Å². The highest BCUT2D eigenvalue weighted by molar-refractivity contribution is 7.15. The van der Waals surface area contributed by atoms with Crippen molar-refractivity contribution in [3.63, 3.8) is 0 Å². The van der Waals surface area contributed by atoms with Crippen LogP contribution in [0, 0.1) is 25.7 Å². The first-order chi connectivity index (χ1) is 25.7. The molecule has 13 heteroatoms. The number of aromatic nitrogens is 5. The van der Waals surface area contributed by atoms with Gasteiger partial charge in [0, 0.05) is 54.5 Å². The molecule has 0 radical (unpaired) electrons. The molecule has 0 fully saturated rings. The number of rotatable bonds is 12. The number of hydrogen-bond acceptors (Lipinski definition) is 8. The summed E-state index contributed by atoms with van der Waals surface area (Å²) in [4.78, 5) is 44.3. The number of hydrogen-bond donors (Lipinski definition) is 1. The number of thiophene rings is 1. The summed E-state index contributed by atoms with van der Waals surface area (Å²) < 4.78 is 4.02. The minimum Gasteiger partial charge on any atom is -0.359 e. The van der Waals surface area contributed by atoms with E-state index in [-0.39, 0.29) is 18.2 Å². The van der Waals surface area contributed by atoms with Crippen molar-refractivity contribution in [2.24, 2.45) is 4.99 Å². The number of aldehydes is 1. The predicted octanol–water partition coefficient (Wildman–Crippen LogP) is 6.01. The number of aryl methyl sites for hydroxylation is 3. The Hall–Kier alpha value is -5.38. The van der Waals surface area contributed by atoms with Crippen LogP contribution < -0.4 is 5.32 Å². The van der Waals surface area contributed by atoms with Crippen molar-refractivity contribution in [1.82, 2.24) is 34.8 Å². The number of carbonyl (C=O) groups excluding carboxylic acids is 3. The van der Waals surface area contributed by atoms with Crippen LogP contribution in [-0.4, -0.2) is 66.3 Å². The summed E-state index contributed by atoms with van der Waals surface area (Å²) in [5.74, 6) is 8.05. The fourth-order valence-corrected chi connectivity index (χ4v) is 8.32. The Balaban J connectivity index is 0.976. The van der Waals surface area contributed by atoms with Crippen LogP contribution in [0.5, 0.6) is 0 Å². The highest BCUT2D eigenvalue weighted by Crippen LogP contribution is 2.36. The molecule has 53 heavy (non-hydrogen) atoms. The van der Waals surface area contributed by atoms with E-state index >= 15 is 0 Å². The topological polar surface area (TPSA) is 127 Å². The molecule has 2 aliphatic heterocycles. The summed E-state index contributed by atoms with van der Waals surface area (Å²) in [6, 6.07) is 12.9. The van der Waals surface area contributed by atoms with Crippen LogP contribution in [0.3, 0.4) is 0 Å².